The van der Waals surface area contributed by atoms with E-state index in [1.807, 2.05) is 0 Å². The van der Waals surface area contributed by atoms with Crippen molar-refractivity contribution in [1.29, 1.82) is 0 Å². The Hall–Kier alpha value is -2.82. The van der Waals surface area contributed by atoms with Gasteiger partial charge in [0.25, 0.3) is 0 Å². The van der Waals surface area contributed by atoms with E-state index in [2.05, 4.69) is 44.1 Å². The second kappa shape index (κ2) is 14.2. The minimum Gasteiger partial charge on any atom is -0.545 e. The van der Waals surface area contributed by atoms with Gasteiger partial charge in [-0.25, -0.2) is 0 Å². The molecule has 170 valence electrons. The number of esters is 1. The van der Waals surface area contributed by atoms with Gasteiger partial charge in [-0.3, -0.25) is 29.8 Å². The van der Waals surface area contributed by atoms with Crippen molar-refractivity contribution in [3.63, 3.8) is 0 Å². The third-order valence-corrected chi connectivity index (χ3v) is 4.84. The highest BCUT2D eigenvalue weighted by Gasteiger charge is 2.45. The molecule has 11 heteroatoms. The Morgan fingerprint density at radius 1 is 1.20 bits per heavy atom. The first-order valence-electron chi connectivity index (χ1n) is 9.22. The molecule has 1 aliphatic carbocycles. The van der Waals surface area contributed by atoms with Gasteiger partial charge in [0.15, 0.2) is 0 Å². The van der Waals surface area contributed by atoms with Crippen molar-refractivity contribution in [3.05, 3.63) is 58.0 Å². The fourth-order valence-corrected chi connectivity index (χ4v) is 3.26. The van der Waals surface area contributed by atoms with Crippen molar-refractivity contribution in [3.8, 4) is 0 Å². The van der Waals surface area contributed by atoms with Crippen molar-refractivity contribution in [2.24, 2.45) is 0 Å². The van der Waals surface area contributed by atoms with Gasteiger partial charge in [-0.2, -0.15) is 0 Å². The number of ether oxygens (including phenoxy) is 1. The number of ketones is 1. The third kappa shape index (κ3) is 14.2. The quantitative estimate of drug-likeness (QED) is 0.136. The summed E-state index contributed by atoms with van der Waals surface area (Å²) in [5, 5.41) is 20.1. The summed E-state index contributed by atoms with van der Waals surface area (Å²) in [6.07, 6.45) is 3.40. The summed E-state index contributed by atoms with van der Waals surface area (Å²) in [5.41, 5.74) is -1.11. The fourth-order valence-electron chi connectivity index (χ4n) is 2.39. The van der Waals surface area contributed by atoms with Crippen LogP contribution in [-0.4, -0.2) is 42.6 Å². The standard InChI is InChI=1S/C10H15NO5.C7H14OSi.C2H3NO2/c1-16-9(13)4-7-10(11(14)15)5-2-8(12)3-6-10;1-6-7(2)8-9(3,4)5;1-2-3(4)5/h2-7H2,1H3;6H,1-2H2,3-5H3;2H,1H2. The van der Waals surface area contributed by atoms with Gasteiger partial charge >= 0.3 is 5.97 Å². The average Bonchev–Trinajstić information content (AvgIpc) is 2.66. The van der Waals surface area contributed by atoms with Crippen LogP contribution in [0.25, 0.3) is 0 Å². The predicted octanol–water partition coefficient (Wildman–Crippen LogP) is 4.04. The Labute approximate surface area is 178 Å². The van der Waals surface area contributed by atoms with E-state index in [9.17, 15) is 19.7 Å². The average molecular weight is 445 g/mol. The maximum absolute atomic E-state index is 11.1. The van der Waals surface area contributed by atoms with Crippen LogP contribution in [0.2, 0.25) is 19.6 Å². The molecule has 0 amide bonds. The van der Waals surface area contributed by atoms with E-state index >= 15 is 0 Å². The highest BCUT2D eigenvalue weighted by Crippen LogP contribution is 2.33. The zero-order chi connectivity index (χ0) is 24.0. The molecule has 0 N–H and O–H groups in total. The summed E-state index contributed by atoms with van der Waals surface area (Å²) in [5.74, 6) is 0.308. The van der Waals surface area contributed by atoms with E-state index in [-0.39, 0.29) is 49.2 Å². The van der Waals surface area contributed by atoms with E-state index in [1.54, 1.807) is 6.08 Å². The van der Waals surface area contributed by atoms with Gasteiger partial charge in [0, 0.05) is 37.0 Å². The number of rotatable bonds is 8. The lowest BCUT2D eigenvalue weighted by atomic mass is 9.78. The molecule has 0 aromatic carbocycles. The van der Waals surface area contributed by atoms with Crippen molar-refractivity contribution in [1.82, 2.24) is 0 Å². The minimum atomic E-state index is -1.41. The summed E-state index contributed by atoms with van der Waals surface area (Å²) < 4.78 is 9.87. The molecule has 0 aromatic rings. The zero-order valence-corrected chi connectivity index (χ0v) is 19.2. The second-order valence-electron chi connectivity index (χ2n) is 7.45. The summed E-state index contributed by atoms with van der Waals surface area (Å²) >= 11 is 0. The molecule has 0 spiro atoms. The normalized spacial score (nSPS) is 14.5. The van der Waals surface area contributed by atoms with E-state index in [4.69, 9.17) is 14.5 Å². The molecule has 0 unspecified atom stereocenters. The molecular formula is C19H32N2O8Si. The summed E-state index contributed by atoms with van der Waals surface area (Å²) in [6.45, 7) is 16.4. The van der Waals surface area contributed by atoms with Gasteiger partial charge in [-0.1, -0.05) is 13.2 Å². The number of hydrogen-bond donors (Lipinski definition) is 0. The van der Waals surface area contributed by atoms with Gasteiger partial charge in [-0.15, -0.1) is 0 Å². The molecule has 1 fully saturated rings. The molecule has 1 saturated carbocycles. The molecule has 0 aromatic heterocycles. The molecule has 10 nitrogen and oxygen atoms in total. The number of hydrogen-bond acceptors (Lipinski definition) is 8. The Balaban J connectivity index is 0. The lowest BCUT2D eigenvalue weighted by Gasteiger charge is -2.28. The van der Waals surface area contributed by atoms with Crippen molar-refractivity contribution in [2.45, 2.75) is 63.7 Å². The molecular weight excluding hydrogens is 412 g/mol. The smallest absolute Gasteiger partial charge is 0.305 e. The zero-order valence-electron chi connectivity index (χ0n) is 18.2. The molecule has 1 rings (SSSR count). The highest BCUT2D eigenvalue weighted by atomic mass is 28.4. The van der Waals surface area contributed by atoms with Crippen LogP contribution in [0.1, 0.15) is 38.5 Å². The topological polar surface area (TPSA) is 139 Å². The van der Waals surface area contributed by atoms with Crippen LogP contribution >= 0.6 is 0 Å². The first kappa shape index (κ1) is 29.4. The number of allylic oxidation sites excluding steroid dienone is 1. The van der Waals surface area contributed by atoms with Gasteiger partial charge < -0.3 is 9.16 Å². The van der Waals surface area contributed by atoms with Gasteiger partial charge in [-0.05, 0) is 32.3 Å². The Kier molecular flexibility index (Phi) is 13.9. The number of nitro groups is 2. The van der Waals surface area contributed by atoms with Crippen LogP contribution in [0.5, 0.6) is 0 Å². The molecule has 1 aliphatic rings. The number of nitrogens with zero attached hydrogens (tertiary/aromatic N) is 2. The van der Waals surface area contributed by atoms with Gasteiger partial charge in [0.2, 0.25) is 20.1 Å². The van der Waals surface area contributed by atoms with Gasteiger partial charge in [0.05, 0.1) is 24.2 Å². The maximum atomic E-state index is 11.1. The van der Waals surface area contributed by atoms with Crippen LogP contribution in [0.3, 0.4) is 0 Å². The lowest BCUT2D eigenvalue weighted by molar-refractivity contribution is -0.574. The fraction of sp³-hybridized carbons (Fsp3) is 0.579. The highest BCUT2D eigenvalue weighted by molar-refractivity contribution is 6.70. The molecule has 0 saturated heterocycles. The Morgan fingerprint density at radius 3 is 1.93 bits per heavy atom. The molecule has 0 heterocycles. The third-order valence-electron chi connectivity index (χ3n) is 3.96. The Morgan fingerprint density at radius 2 is 1.67 bits per heavy atom. The summed E-state index contributed by atoms with van der Waals surface area (Å²) in [7, 11) is -0.157. The van der Waals surface area contributed by atoms with E-state index in [0.29, 0.717) is 12.0 Å². The molecule has 0 radical (unpaired) electrons. The van der Waals surface area contributed by atoms with Crippen molar-refractivity contribution >= 4 is 20.1 Å². The summed E-state index contributed by atoms with van der Waals surface area (Å²) in [6, 6.07) is 0. The van der Waals surface area contributed by atoms with E-state index < -0.39 is 24.7 Å². The van der Waals surface area contributed by atoms with Crippen molar-refractivity contribution < 1.29 is 28.6 Å². The van der Waals surface area contributed by atoms with Crippen LogP contribution in [0.4, 0.5) is 0 Å². The number of carbonyl (C=O) groups excluding carboxylic acids is 2. The maximum Gasteiger partial charge on any atom is 0.305 e. The SMILES string of the molecule is C=CC(=C)O[Si](C)(C)C.C=C[N+](=O)[O-].COC(=O)CCC1([N+](=O)[O-])CCC(=O)CC1. The number of methoxy groups -OCH3 is 1. The Bertz CT molecular complexity index is 645. The monoisotopic (exact) mass is 444 g/mol. The van der Waals surface area contributed by atoms with E-state index in [0.717, 1.165) is 0 Å². The molecule has 0 atom stereocenters. The largest absolute Gasteiger partial charge is 0.545 e. The second-order valence-corrected chi connectivity index (χ2v) is 11.9. The van der Waals surface area contributed by atoms with Crippen LogP contribution in [0.15, 0.2) is 37.8 Å². The van der Waals surface area contributed by atoms with Crippen LogP contribution in [-0.2, 0) is 18.8 Å². The van der Waals surface area contributed by atoms with E-state index in [1.165, 1.54) is 7.11 Å². The number of carbonyl (C=O) groups is 2. The van der Waals surface area contributed by atoms with Crippen molar-refractivity contribution in [2.75, 3.05) is 7.11 Å². The van der Waals surface area contributed by atoms with Gasteiger partial charge in [0.1, 0.15) is 5.78 Å². The molecule has 0 aliphatic heterocycles. The van der Waals surface area contributed by atoms with Crippen LogP contribution in [0, 0.1) is 20.2 Å². The molecule has 30 heavy (non-hydrogen) atoms. The van der Waals surface area contributed by atoms with Crippen LogP contribution < -0.4 is 0 Å². The first-order chi connectivity index (χ1) is 13.7. The number of Topliss-reactive ketones (excluding diaryl/α,β-unsaturated/α-hetero) is 1. The predicted molar refractivity (Wildman–Crippen MR) is 115 cm³/mol. The minimum absolute atomic E-state index is 0.0334. The first-order valence-corrected chi connectivity index (χ1v) is 12.6. The molecule has 0 bridgehead atoms. The summed E-state index contributed by atoms with van der Waals surface area (Å²) in [4.78, 5) is 41.2. The lowest BCUT2D eigenvalue weighted by Crippen LogP contribution is -2.42.